The van der Waals surface area contributed by atoms with Crippen LogP contribution in [0.5, 0.6) is 0 Å². The van der Waals surface area contributed by atoms with Crippen molar-refractivity contribution in [3.05, 3.63) is 24.0 Å². The molecule has 0 aliphatic carbocycles. The molecule has 1 fully saturated rings. The van der Waals surface area contributed by atoms with Gasteiger partial charge < -0.3 is 5.32 Å². The van der Waals surface area contributed by atoms with E-state index >= 15 is 0 Å². The fourth-order valence-electron chi connectivity index (χ4n) is 2.51. The molecular weight excluding hydrogens is 357 g/mol. The van der Waals surface area contributed by atoms with Crippen LogP contribution >= 0.6 is 0 Å². The first-order chi connectivity index (χ1) is 11.0. The quantitative estimate of drug-likeness (QED) is 0.680. The summed E-state index contributed by atoms with van der Waals surface area (Å²) >= 11 is 0. The molecule has 10 heteroatoms. The highest BCUT2D eigenvalue weighted by atomic mass is 32.2. The van der Waals surface area contributed by atoms with Gasteiger partial charge in [-0.2, -0.15) is 0 Å². The van der Waals surface area contributed by atoms with Gasteiger partial charge in [0.05, 0.1) is 16.8 Å². The number of nitrogens with one attached hydrogen (secondary N) is 3. The molecule has 136 valence electrons. The predicted molar refractivity (Wildman–Crippen MR) is 90.3 cm³/mol. The van der Waals surface area contributed by atoms with E-state index in [-0.39, 0.29) is 22.5 Å². The first-order valence-electron chi connectivity index (χ1n) is 7.49. The van der Waals surface area contributed by atoms with Crippen molar-refractivity contribution in [3.63, 3.8) is 0 Å². The molecule has 0 radical (unpaired) electrons. The van der Waals surface area contributed by atoms with E-state index in [4.69, 9.17) is 0 Å². The van der Waals surface area contributed by atoms with E-state index in [1.165, 1.54) is 6.07 Å². The Morgan fingerprint density at radius 2 is 1.83 bits per heavy atom. The van der Waals surface area contributed by atoms with Gasteiger partial charge in [0.25, 0.3) is 0 Å². The van der Waals surface area contributed by atoms with Gasteiger partial charge in [0.15, 0.2) is 0 Å². The molecule has 2 rings (SSSR count). The third-order valence-electron chi connectivity index (χ3n) is 4.05. The van der Waals surface area contributed by atoms with Crippen LogP contribution in [0.2, 0.25) is 0 Å². The molecule has 0 spiro atoms. The summed E-state index contributed by atoms with van der Waals surface area (Å²) in [5.41, 5.74) is -0.434. The minimum Gasteiger partial charge on any atom is -0.317 e. The molecule has 1 aromatic carbocycles. The van der Waals surface area contributed by atoms with Gasteiger partial charge in [-0.3, -0.25) is 4.72 Å². The number of halogens is 1. The molecule has 3 N–H and O–H groups in total. The summed E-state index contributed by atoms with van der Waals surface area (Å²) in [6.45, 7) is 3.94. The van der Waals surface area contributed by atoms with Crippen LogP contribution in [0.15, 0.2) is 23.1 Å². The Morgan fingerprint density at radius 1 is 1.21 bits per heavy atom. The van der Waals surface area contributed by atoms with Crippen LogP contribution in [0, 0.1) is 11.2 Å². The maximum absolute atomic E-state index is 14.0. The van der Waals surface area contributed by atoms with Gasteiger partial charge in [0, 0.05) is 6.54 Å². The molecule has 0 atom stereocenters. The number of anilines is 1. The highest BCUT2D eigenvalue weighted by Crippen LogP contribution is 2.27. The van der Waals surface area contributed by atoms with Crippen molar-refractivity contribution in [3.8, 4) is 0 Å². The van der Waals surface area contributed by atoms with Crippen LogP contribution in [0.3, 0.4) is 0 Å². The zero-order chi connectivity index (χ0) is 18.0. The molecular formula is C14H22FN3O4S2. The van der Waals surface area contributed by atoms with Crippen LogP contribution < -0.4 is 14.8 Å². The van der Waals surface area contributed by atoms with E-state index in [1.54, 1.807) is 0 Å². The predicted octanol–water partition coefficient (Wildman–Crippen LogP) is 0.865. The second-order valence-electron chi connectivity index (χ2n) is 6.40. The third-order valence-corrected chi connectivity index (χ3v) is 6.04. The lowest BCUT2D eigenvalue weighted by Gasteiger charge is -2.34. The largest absolute Gasteiger partial charge is 0.317 e. The van der Waals surface area contributed by atoms with Crippen LogP contribution in [0.25, 0.3) is 0 Å². The van der Waals surface area contributed by atoms with E-state index in [1.807, 2.05) is 11.6 Å². The van der Waals surface area contributed by atoms with Gasteiger partial charge >= 0.3 is 0 Å². The normalized spacial score (nSPS) is 18.3. The van der Waals surface area contributed by atoms with Crippen molar-refractivity contribution in [1.82, 2.24) is 10.0 Å². The Labute approximate surface area is 142 Å². The topological polar surface area (TPSA) is 104 Å². The zero-order valence-electron chi connectivity index (χ0n) is 13.6. The lowest BCUT2D eigenvalue weighted by molar-refractivity contribution is 0.232. The molecule has 0 amide bonds. The first kappa shape index (κ1) is 19.1. The van der Waals surface area contributed by atoms with Crippen molar-refractivity contribution >= 4 is 25.7 Å². The average Bonchev–Trinajstić information content (AvgIpc) is 2.47. The standard InChI is InChI=1S/C14H22FN3O4S2/c1-14(5-7-16-8-6-14)10-17-24(21,22)11-3-4-13(12(15)9-11)18-23(2,19)20/h3-4,9,16-18H,5-8,10H2,1-2H3. The van der Waals surface area contributed by atoms with Crippen LogP contribution in [0.4, 0.5) is 10.1 Å². The van der Waals surface area contributed by atoms with Gasteiger partial charge in [0.2, 0.25) is 20.0 Å². The summed E-state index contributed by atoms with van der Waals surface area (Å²) in [5, 5.41) is 3.22. The fraction of sp³-hybridized carbons (Fsp3) is 0.571. The van der Waals surface area contributed by atoms with E-state index in [9.17, 15) is 21.2 Å². The number of hydrogen-bond acceptors (Lipinski definition) is 5. The molecule has 0 aromatic heterocycles. The molecule has 0 saturated carbocycles. The fourth-order valence-corrected chi connectivity index (χ4v) is 4.28. The minimum atomic E-state index is -3.87. The molecule has 1 aliphatic rings. The first-order valence-corrected chi connectivity index (χ1v) is 10.9. The second kappa shape index (κ2) is 6.95. The van der Waals surface area contributed by atoms with Crippen LogP contribution in [-0.2, 0) is 20.0 Å². The number of rotatable bonds is 6. The van der Waals surface area contributed by atoms with Gasteiger partial charge in [0.1, 0.15) is 5.82 Å². The molecule has 1 aromatic rings. The number of benzene rings is 1. The maximum Gasteiger partial charge on any atom is 0.240 e. The summed E-state index contributed by atoms with van der Waals surface area (Å²) < 4.78 is 65.4. The molecule has 1 aliphatic heterocycles. The van der Waals surface area contributed by atoms with Crippen molar-refractivity contribution in [2.45, 2.75) is 24.7 Å². The van der Waals surface area contributed by atoms with Gasteiger partial charge in [-0.15, -0.1) is 0 Å². The molecule has 7 nitrogen and oxygen atoms in total. The summed E-state index contributed by atoms with van der Waals surface area (Å²) in [6.07, 6.45) is 2.58. The SMILES string of the molecule is CC1(CNS(=O)(=O)c2ccc(NS(C)(=O)=O)c(F)c2)CCNCC1. The Kier molecular flexibility index (Phi) is 5.53. The van der Waals surface area contributed by atoms with Crippen molar-refractivity contribution in [2.24, 2.45) is 5.41 Å². The minimum absolute atomic E-state index is 0.144. The van der Waals surface area contributed by atoms with E-state index in [2.05, 4.69) is 10.0 Å². The van der Waals surface area contributed by atoms with Crippen molar-refractivity contribution in [2.75, 3.05) is 30.6 Å². The summed E-state index contributed by atoms with van der Waals surface area (Å²) in [6, 6.07) is 3.07. The summed E-state index contributed by atoms with van der Waals surface area (Å²) in [7, 11) is -7.51. The van der Waals surface area contributed by atoms with E-state index in [0.717, 1.165) is 44.3 Å². The lowest BCUT2D eigenvalue weighted by Crippen LogP contribution is -2.42. The van der Waals surface area contributed by atoms with Crippen molar-refractivity contribution in [1.29, 1.82) is 0 Å². The van der Waals surface area contributed by atoms with Gasteiger partial charge in [-0.25, -0.2) is 25.9 Å². The molecule has 1 saturated heterocycles. The van der Waals surface area contributed by atoms with Gasteiger partial charge in [-0.05, 0) is 49.5 Å². The number of hydrogen-bond donors (Lipinski definition) is 3. The molecule has 0 bridgehead atoms. The van der Waals surface area contributed by atoms with E-state index < -0.39 is 25.9 Å². The Morgan fingerprint density at radius 3 is 2.38 bits per heavy atom. The monoisotopic (exact) mass is 379 g/mol. The third kappa shape index (κ3) is 5.13. The van der Waals surface area contributed by atoms with Crippen LogP contribution in [0.1, 0.15) is 19.8 Å². The lowest BCUT2D eigenvalue weighted by atomic mass is 9.81. The summed E-state index contributed by atoms with van der Waals surface area (Å²) in [4.78, 5) is -0.239. The summed E-state index contributed by atoms with van der Waals surface area (Å²) in [5.74, 6) is -0.948. The highest BCUT2D eigenvalue weighted by molar-refractivity contribution is 7.92. The van der Waals surface area contributed by atoms with Crippen molar-refractivity contribution < 1.29 is 21.2 Å². The van der Waals surface area contributed by atoms with E-state index in [0.29, 0.717) is 0 Å². The average molecular weight is 379 g/mol. The highest BCUT2D eigenvalue weighted by Gasteiger charge is 2.29. The Bertz CT molecular complexity index is 803. The Hall–Kier alpha value is -1.23. The van der Waals surface area contributed by atoms with Crippen LogP contribution in [-0.4, -0.2) is 42.7 Å². The zero-order valence-corrected chi connectivity index (χ0v) is 15.2. The maximum atomic E-state index is 14.0. The molecule has 0 unspecified atom stereocenters. The Balaban J connectivity index is 2.13. The molecule has 24 heavy (non-hydrogen) atoms. The number of sulfonamides is 2. The second-order valence-corrected chi connectivity index (χ2v) is 9.92. The molecule has 1 heterocycles. The number of piperidine rings is 1. The smallest absolute Gasteiger partial charge is 0.240 e. The van der Waals surface area contributed by atoms with Gasteiger partial charge in [-0.1, -0.05) is 6.92 Å².